The molecule has 0 atom stereocenters. The average molecular weight is 430 g/mol. The summed E-state index contributed by atoms with van der Waals surface area (Å²) in [5.74, 6) is -0.469. The van der Waals surface area contributed by atoms with E-state index in [1.54, 1.807) is 30.3 Å². The highest BCUT2D eigenvalue weighted by molar-refractivity contribution is 6.09. The normalized spacial score (nSPS) is 14.0. The van der Waals surface area contributed by atoms with Crippen molar-refractivity contribution >= 4 is 17.5 Å². The smallest absolute Gasteiger partial charge is 0.255 e. The van der Waals surface area contributed by atoms with Crippen molar-refractivity contribution in [2.45, 2.75) is 13.1 Å². The largest absolute Gasteiger partial charge is 0.379 e. The van der Waals surface area contributed by atoms with E-state index in [2.05, 4.69) is 15.5 Å². The molecule has 164 valence electrons. The van der Waals surface area contributed by atoms with E-state index in [9.17, 15) is 9.59 Å². The molecule has 3 aromatic carbocycles. The summed E-state index contributed by atoms with van der Waals surface area (Å²) in [6, 6.07) is 24.4. The van der Waals surface area contributed by atoms with Crippen LogP contribution in [0, 0.1) is 0 Å². The Hall–Kier alpha value is -3.48. The van der Waals surface area contributed by atoms with Crippen molar-refractivity contribution in [2.75, 3.05) is 31.6 Å². The summed E-state index contributed by atoms with van der Waals surface area (Å²) in [7, 11) is 0. The molecule has 2 amide bonds. The first-order chi connectivity index (χ1) is 15.7. The summed E-state index contributed by atoms with van der Waals surface area (Å²) in [6.45, 7) is 4.46. The van der Waals surface area contributed by atoms with E-state index in [0.717, 1.165) is 44.0 Å². The molecule has 0 radical (unpaired) electrons. The molecule has 6 nitrogen and oxygen atoms in total. The van der Waals surface area contributed by atoms with Crippen LogP contribution in [0.25, 0.3) is 0 Å². The molecule has 1 heterocycles. The summed E-state index contributed by atoms with van der Waals surface area (Å²) in [5, 5.41) is 5.82. The molecule has 0 spiro atoms. The number of rotatable bonds is 7. The Bertz CT molecular complexity index is 1060. The third kappa shape index (κ3) is 5.81. The molecule has 4 rings (SSSR count). The molecule has 0 unspecified atom stereocenters. The van der Waals surface area contributed by atoms with E-state index in [-0.39, 0.29) is 11.8 Å². The monoisotopic (exact) mass is 429 g/mol. The number of benzene rings is 3. The number of para-hydroxylation sites is 1. The number of carbonyl (C=O) groups is 2. The van der Waals surface area contributed by atoms with E-state index in [4.69, 9.17) is 4.74 Å². The number of nitrogens with zero attached hydrogens (tertiary/aromatic N) is 1. The number of ether oxygens (including phenoxy) is 1. The Balaban J connectivity index is 1.42. The topological polar surface area (TPSA) is 70.7 Å². The number of hydrogen-bond acceptors (Lipinski definition) is 4. The Morgan fingerprint density at radius 2 is 1.53 bits per heavy atom. The second-order valence-electron chi connectivity index (χ2n) is 7.76. The van der Waals surface area contributed by atoms with Crippen LogP contribution < -0.4 is 10.6 Å². The lowest BCUT2D eigenvalue weighted by Gasteiger charge is -2.26. The first-order valence-corrected chi connectivity index (χ1v) is 10.8. The van der Waals surface area contributed by atoms with Gasteiger partial charge in [0.15, 0.2) is 0 Å². The maximum absolute atomic E-state index is 12.9. The highest BCUT2D eigenvalue weighted by Gasteiger charge is 2.15. The first-order valence-electron chi connectivity index (χ1n) is 10.8. The van der Waals surface area contributed by atoms with Crippen LogP contribution in [-0.2, 0) is 17.8 Å². The lowest BCUT2D eigenvalue weighted by molar-refractivity contribution is 0.0342. The quantitative estimate of drug-likeness (QED) is 0.601. The van der Waals surface area contributed by atoms with Gasteiger partial charge in [-0.05, 0) is 35.4 Å². The van der Waals surface area contributed by atoms with Crippen molar-refractivity contribution in [2.24, 2.45) is 0 Å². The van der Waals surface area contributed by atoms with Gasteiger partial charge in [0.05, 0.1) is 24.5 Å². The SMILES string of the molecule is O=C(Nc1ccccc1C(=O)NCc1ccccc1)c1cccc(CN2CCOCC2)c1. The molecule has 0 bridgehead atoms. The zero-order valence-corrected chi connectivity index (χ0v) is 17.9. The fraction of sp³-hybridized carbons (Fsp3) is 0.231. The molecule has 0 aromatic heterocycles. The van der Waals surface area contributed by atoms with Crippen LogP contribution in [0.5, 0.6) is 0 Å². The summed E-state index contributed by atoms with van der Waals surface area (Å²) in [5.41, 5.74) is 3.58. The molecule has 1 aliphatic rings. The van der Waals surface area contributed by atoms with Crippen LogP contribution >= 0.6 is 0 Å². The summed E-state index contributed by atoms with van der Waals surface area (Å²) in [6.07, 6.45) is 0. The third-order valence-electron chi connectivity index (χ3n) is 5.41. The van der Waals surface area contributed by atoms with Crippen molar-refractivity contribution in [1.29, 1.82) is 0 Å². The maximum Gasteiger partial charge on any atom is 0.255 e. The molecule has 0 saturated carbocycles. The van der Waals surface area contributed by atoms with Crippen LogP contribution in [-0.4, -0.2) is 43.0 Å². The van der Waals surface area contributed by atoms with E-state index in [1.165, 1.54) is 0 Å². The standard InChI is InChI=1S/C26H27N3O3/c30-25(22-10-6-9-21(17-22)19-29-13-15-32-16-14-29)28-24-12-5-4-11-23(24)26(31)27-18-20-7-2-1-3-8-20/h1-12,17H,13-16,18-19H2,(H,27,31)(H,28,30). The maximum atomic E-state index is 12.9. The van der Waals surface area contributed by atoms with Crippen LogP contribution in [0.15, 0.2) is 78.9 Å². The molecular formula is C26H27N3O3. The van der Waals surface area contributed by atoms with Gasteiger partial charge in [-0.25, -0.2) is 0 Å². The van der Waals surface area contributed by atoms with Gasteiger partial charge in [0.1, 0.15) is 0 Å². The van der Waals surface area contributed by atoms with Gasteiger partial charge in [0.2, 0.25) is 0 Å². The number of carbonyl (C=O) groups excluding carboxylic acids is 2. The Kier molecular flexibility index (Phi) is 7.27. The van der Waals surface area contributed by atoms with Gasteiger partial charge in [-0.15, -0.1) is 0 Å². The number of morpholine rings is 1. The highest BCUT2D eigenvalue weighted by Crippen LogP contribution is 2.18. The minimum absolute atomic E-state index is 0.231. The van der Waals surface area contributed by atoms with E-state index in [1.807, 2.05) is 48.5 Å². The molecule has 0 aliphatic carbocycles. The third-order valence-corrected chi connectivity index (χ3v) is 5.41. The molecule has 3 aromatic rings. The van der Waals surface area contributed by atoms with E-state index in [0.29, 0.717) is 23.4 Å². The van der Waals surface area contributed by atoms with Crippen molar-refractivity contribution in [3.8, 4) is 0 Å². The zero-order chi connectivity index (χ0) is 22.2. The molecule has 6 heteroatoms. The Morgan fingerprint density at radius 1 is 0.812 bits per heavy atom. The first kappa shape index (κ1) is 21.7. The van der Waals surface area contributed by atoms with Gasteiger partial charge in [-0.3, -0.25) is 14.5 Å². The lowest BCUT2D eigenvalue weighted by Crippen LogP contribution is -2.35. The zero-order valence-electron chi connectivity index (χ0n) is 17.9. The Morgan fingerprint density at radius 3 is 2.34 bits per heavy atom. The number of nitrogens with one attached hydrogen (secondary N) is 2. The lowest BCUT2D eigenvalue weighted by atomic mass is 10.1. The molecular weight excluding hydrogens is 402 g/mol. The Labute approximate surface area is 188 Å². The van der Waals surface area contributed by atoms with Crippen LogP contribution in [0.4, 0.5) is 5.69 Å². The predicted molar refractivity (Wildman–Crippen MR) is 125 cm³/mol. The van der Waals surface area contributed by atoms with Gasteiger partial charge in [-0.2, -0.15) is 0 Å². The summed E-state index contributed by atoms with van der Waals surface area (Å²) >= 11 is 0. The van der Waals surface area contributed by atoms with Gasteiger partial charge in [-0.1, -0.05) is 54.6 Å². The highest BCUT2D eigenvalue weighted by atomic mass is 16.5. The predicted octanol–water partition coefficient (Wildman–Crippen LogP) is 3.70. The second-order valence-corrected chi connectivity index (χ2v) is 7.76. The van der Waals surface area contributed by atoms with Crippen LogP contribution in [0.2, 0.25) is 0 Å². The fourth-order valence-corrected chi connectivity index (χ4v) is 3.69. The molecule has 32 heavy (non-hydrogen) atoms. The van der Waals surface area contributed by atoms with Crippen molar-refractivity contribution < 1.29 is 14.3 Å². The van der Waals surface area contributed by atoms with Gasteiger partial charge >= 0.3 is 0 Å². The average Bonchev–Trinajstić information content (AvgIpc) is 2.84. The van der Waals surface area contributed by atoms with Crippen LogP contribution in [0.3, 0.4) is 0 Å². The number of hydrogen-bond donors (Lipinski definition) is 2. The number of anilines is 1. The second kappa shape index (κ2) is 10.7. The van der Waals surface area contributed by atoms with Gasteiger partial charge < -0.3 is 15.4 Å². The van der Waals surface area contributed by atoms with Crippen LogP contribution in [0.1, 0.15) is 31.8 Å². The summed E-state index contributed by atoms with van der Waals surface area (Å²) < 4.78 is 5.40. The van der Waals surface area contributed by atoms with Crippen molar-refractivity contribution in [1.82, 2.24) is 10.2 Å². The van der Waals surface area contributed by atoms with Gasteiger partial charge in [0.25, 0.3) is 11.8 Å². The molecule has 2 N–H and O–H groups in total. The minimum atomic E-state index is -0.239. The minimum Gasteiger partial charge on any atom is -0.379 e. The molecule has 1 aliphatic heterocycles. The number of amides is 2. The summed E-state index contributed by atoms with van der Waals surface area (Å²) in [4.78, 5) is 28.0. The van der Waals surface area contributed by atoms with E-state index >= 15 is 0 Å². The van der Waals surface area contributed by atoms with Crippen molar-refractivity contribution in [3.63, 3.8) is 0 Å². The van der Waals surface area contributed by atoms with Gasteiger partial charge in [0, 0.05) is 31.7 Å². The fourth-order valence-electron chi connectivity index (χ4n) is 3.69. The van der Waals surface area contributed by atoms with E-state index < -0.39 is 0 Å². The molecule has 1 saturated heterocycles. The van der Waals surface area contributed by atoms with Crippen molar-refractivity contribution in [3.05, 3.63) is 101 Å². The molecule has 1 fully saturated rings.